The topological polar surface area (TPSA) is 25.2 Å². The van der Waals surface area contributed by atoms with E-state index in [1.807, 2.05) is 6.07 Å². The molecule has 1 fully saturated rings. The number of fused-ring (bicyclic) bond motifs is 1. The Morgan fingerprint density at radius 1 is 1.27 bits per heavy atom. The lowest BCUT2D eigenvalue weighted by Crippen LogP contribution is -2.15. The van der Waals surface area contributed by atoms with Gasteiger partial charge in [-0.05, 0) is 25.3 Å². The number of hydrogen-bond acceptors (Lipinski definition) is 1. The highest BCUT2D eigenvalue weighted by molar-refractivity contribution is 5.84. The summed E-state index contributed by atoms with van der Waals surface area (Å²) in [7, 11) is 0. The van der Waals surface area contributed by atoms with Crippen LogP contribution < -0.4 is 0 Å². The molecule has 0 spiro atoms. The van der Waals surface area contributed by atoms with Gasteiger partial charge in [0.2, 0.25) is 0 Å². The Morgan fingerprint density at radius 3 is 2.73 bits per heavy atom. The third kappa shape index (κ3) is 1.29. The van der Waals surface area contributed by atoms with E-state index in [1.54, 1.807) is 0 Å². The Morgan fingerprint density at radius 2 is 2.07 bits per heavy atom. The summed E-state index contributed by atoms with van der Waals surface area (Å²) >= 11 is 0. The van der Waals surface area contributed by atoms with Gasteiger partial charge < -0.3 is 9.67 Å². The van der Waals surface area contributed by atoms with Crippen LogP contribution in [0.1, 0.15) is 30.9 Å². The molecule has 0 unspecified atom stereocenters. The SMILES string of the molecule is OCc1cn(C2CCC2)c2ccccc12. The first-order chi connectivity index (χ1) is 7.40. The highest BCUT2D eigenvalue weighted by Crippen LogP contribution is 2.35. The molecule has 0 aliphatic heterocycles. The number of benzene rings is 1. The maximum atomic E-state index is 9.31. The molecule has 2 aromatic rings. The fraction of sp³-hybridized carbons (Fsp3) is 0.385. The Kier molecular flexibility index (Phi) is 2.03. The zero-order valence-electron chi connectivity index (χ0n) is 8.69. The molecule has 0 amide bonds. The van der Waals surface area contributed by atoms with Gasteiger partial charge in [0.25, 0.3) is 0 Å². The lowest BCUT2D eigenvalue weighted by Gasteiger charge is -2.28. The second-order valence-electron chi connectivity index (χ2n) is 4.32. The lowest BCUT2D eigenvalue weighted by atomic mass is 9.93. The first-order valence-corrected chi connectivity index (χ1v) is 5.59. The van der Waals surface area contributed by atoms with E-state index in [2.05, 4.69) is 29.0 Å². The molecule has 0 bridgehead atoms. The molecule has 2 nitrogen and oxygen atoms in total. The van der Waals surface area contributed by atoms with Crippen LogP contribution in [0.15, 0.2) is 30.5 Å². The summed E-state index contributed by atoms with van der Waals surface area (Å²) in [5.41, 5.74) is 2.32. The molecule has 3 rings (SSSR count). The minimum Gasteiger partial charge on any atom is -0.392 e. The smallest absolute Gasteiger partial charge is 0.0702 e. The van der Waals surface area contributed by atoms with E-state index in [1.165, 1.54) is 30.2 Å². The number of nitrogens with zero attached hydrogens (tertiary/aromatic N) is 1. The van der Waals surface area contributed by atoms with Crippen LogP contribution in [0.4, 0.5) is 0 Å². The summed E-state index contributed by atoms with van der Waals surface area (Å²) < 4.78 is 2.34. The van der Waals surface area contributed by atoms with Crippen molar-refractivity contribution in [1.29, 1.82) is 0 Å². The molecule has 0 radical (unpaired) electrons. The Labute approximate surface area is 89.1 Å². The summed E-state index contributed by atoms with van der Waals surface area (Å²) in [6, 6.07) is 9.00. The standard InChI is InChI=1S/C13H15NO/c15-9-10-8-14(11-4-3-5-11)13-7-2-1-6-12(10)13/h1-2,6-8,11,15H,3-5,9H2. The molecule has 15 heavy (non-hydrogen) atoms. The second kappa shape index (κ2) is 3.38. The van der Waals surface area contributed by atoms with Gasteiger partial charge in [0, 0.05) is 28.7 Å². The third-order valence-corrected chi connectivity index (χ3v) is 3.46. The molecule has 2 heteroatoms. The first-order valence-electron chi connectivity index (χ1n) is 5.59. The van der Waals surface area contributed by atoms with Crippen LogP contribution in [0.25, 0.3) is 10.9 Å². The summed E-state index contributed by atoms with van der Waals surface area (Å²) in [5.74, 6) is 0. The van der Waals surface area contributed by atoms with Crippen LogP contribution in [0.5, 0.6) is 0 Å². The third-order valence-electron chi connectivity index (χ3n) is 3.46. The van der Waals surface area contributed by atoms with Crippen LogP contribution in [0.2, 0.25) is 0 Å². The molecule has 1 saturated carbocycles. The first kappa shape index (κ1) is 8.98. The molecule has 1 aliphatic rings. The van der Waals surface area contributed by atoms with Crippen molar-refractivity contribution in [3.8, 4) is 0 Å². The van der Waals surface area contributed by atoms with Gasteiger partial charge in [0.1, 0.15) is 0 Å². The number of aliphatic hydroxyl groups excluding tert-OH is 1. The van der Waals surface area contributed by atoms with E-state index in [-0.39, 0.29) is 6.61 Å². The summed E-state index contributed by atoms with van der Waals surface area (Å²) in [6.07, 6.45) is 6.02. The van der Waals surface area contributed by atoms with Gasteiger partial charge in [0.15, 0.2) is 0 Å². The quantitative estimate of drug-likeness (QED) is 0.794. The van der Waals surface area contributed by atoms with Crippen LogP contribution in [-0.2, 0) is 6.61 Å². The molecular formula is C13H15NO. The molecule has 1 aromatic carbocycles. The van der Waals surface area contributed by atoms with E-state index in [4.69, 9.17) is 0 Å². The van der Waals surface area contributed by atoms with Gasteiger partial charge in [-0.2, -0.15) is 0 Å². The number of aromatic nitrogens is 1. The maximum Gasteiger partial charge on any atom is 0.0702 e. The number of hydrogen-bond donors (Lipinski definition) is 1. The minimum absolute atomic E-state index is 0.139. The van der Waals surface area contributed by atoms with Crippen molar-refractivity contribution in [2.45, 2.75) is 31.9 Å². The van der Waals surface area contributed by atoms with Crippen LogP contribution in [-0.4, -0.2) is 9.67 Å². The molecule has 1 heterocycles. The van der Waals surface area contributed by atoms with Gasteiger partial charge in [-0.25, -0.2) is 0 Å². The fourth-order valence-electron chi connectivity index (χ4n) is 2.37. The van der Waals surface area contributed by atoms with Gasteiger partial charge in [-0.3, -0.25) is 0 Å². The van der Waals surface area contributed by atoms with Crippen molar-refractivity contribution in [1.82, 2.24) is 4.57 Å². The Hall–Kier alpha value is -1.28. The Bertz CT molecular complexity index is 482. The van der Waals surface area contributed by atoms with Crippen LogP contribution in [0.3, 0.4) is 0 Å². The summed E-state index contributed by atoms with van der Waals surface area (Å²) in [5, 5.41) is 10.5. The molecular weight excluding hydrogens is 186 g/mol. The highest BCUT2D eigenvalue weighted by Gasteiger charge is 2.21. The Balaban J connectivity index is 2.20. The highest BCUT2D eigenvalue weighted by atomic mass is 16.3. The zero-order chi connectivity index (χ0) is 10.3. The number of aliphatic hydroxyl groups is 1. The van der Waals surface area contributed by atoms with Gasteiger partial charge in [-0.1, -0.05) is 18.2 Å². The van der Waals surface area contributed by atoms with Crippen molar-refractivity contribution in [2.75, 3.05) is 0 Å². The fourth-order valence-corrected chi connectivity index (χ4v) is 2.37. The molecule has 1 N–H and O–H groups in total. The van der Waals surface area contributed by atoms with E-state index in [0.29, 0.717) is 6.04 Å². The van der Waals surface area contributed by atoms with Crippen molar-refractivity contribution in [3.05, 3.63) is 36.0 Å². The van der Waals surface area contributed by atoms with Crippen LogP contribution in [0, 0.1) is 0 Å². The van der Waals surface area contributed by atoms with E-state index < -0.39 is 0 Å². The maximum absolute atomic E-state index is 9.31. The van der Waals surface area contributed by atoms with Gasteiger partial charge in [0.05, 0.1) is 6.61 Å². The second-order valence-corrected chi connectivity index (χ2v) is 4.32. The molecule has 1 aromatic heterocycles. The molecule has 78 valence electrons. The average molecular weight is 201 g/mol. The van der Waals surface area contributed by atoms with Crippen molar-refractivity contribution >= 4 is 10.9 Å². The largest absolute Gasteiger partial charge is 0.392 e. The summed E-state index contributed by atoms with van der Waals surface area (Å²) in [6.45, 7) is 0.139. The van der Waals surface area contributed by atoms with Crippen molar-refractivity contribution in [3.63, 3.8) is 0 Å². The number of rotatable bonds is 2. The predicted molar refractivity (Wildman–Crippen MR) is 60.7 cm³/mol. The van der Waals surface area contributed by atoms with E-state index in [0.717, 1.165) is 5.56 Å². The average Bonchev–Trinajstić information content (AvgIpc) is 2.55. The van der Waals surface area contributed by atoms with Gasteiger partial charge in [-0.15, -0.1) is 0 Å². The minimum atomic E-state index is 0.139. The predicted octanol–water partition coefficient (Wildman–Crippen LogP) is 2.86. The zero-order valence-corrected chi connectivity index (χ0v) is 8.69. The number of para-hydroxylation sites is 1. The molecule has 0 atom stereocenters. The summed E-state index contributed by atoms with van der Waals surface area (Å²) in [4.78, 5) is 0. The van der Waals surface area contributed by atoms with Gasteiger partial charge >= 0.3 is 0 Å². The monoisotopic (exact) mass is 201 g/mol. The molecule has 0 saturated heterocycles. The van der Waals surface area contributed by atoms with E-state index >= 15 is 0 Å². The van der Waals surface area contributed by atoms with Crippen molar-refractivity contribution < 1.29 is 5.11 Å². The van der Waals surface area contributed by atoms with E-state index in [9.17, 15) is 5.11 Å². The lowest BCUT2D eigenvalue weighted by molar-refractivity contribution is 0.280. The molecule has 1 aliphatic carbocycles. The van der Waals surface area contributed by atoms with Crippen molar-refractivity contribution in [2.24, 2.45) is 0 Å². The normalized spacial score (nSPS) is 16.9. The van der Waals surface area contributed by atoms with Crippen LogP contribution >= 0.6 is 0 Å².